The number of benzene rings is 1. The number of nitrogens with zero attached hydrogens (tertiary/aromatic N) is 2. The lowest BCUT2D eigenvalue weighted by Gasteiger charge is -2.52. The van der Waals surface area contributed by atoms with Crippen molar-refractivity contribution < 1.29 is 27.8 Å². The summed E-state index contributed by atoms with van der Waals surface area (Å²) in [7, 11) is 0. The second-order valence-corrected chi connectivity index (χ2v) is 8.29. The van der Waals surface area contributed by atoms with Gasteiger partial charge in [0, 0.05) is 30.8 Å². The van der Waals surface area contributed by atoms with Crippen LogP contribution in [-0.4, -0.2) is 46.3 Å². The number of ether oxygens (including phenoxy) is 1. The minimum Gasteiger partial charge on any atom is -0.468 e. The number of hydrogen-bond donors (Lipinski definition) is 1. The monoisotopic (exact) mass is 434 g/mol. The second-order valence-electron chi connectivity index (χ2n) is 8.29. The predicted molar refractivity (Wildman–Crippen MR) is 108 cm³/mol. The summed E-state index contributed by atoms with van der Waals surface area (Å²) in [6.45, 7) is -1.03. The number of aliphatic hydroxyl groups is 1. The third-order valence-electron chi connectivity index (χ3n) is 6.38. The minimum absolute atomic E-state index is 0.0660. The number of rotatable bonds is 4. The van der Waals surface area contributed by atoms with Crippen LogP contribution in [0.15, 0.2) is 48.7 Å². The number of piperidine rings is 1. The van der Waals surface area contributed by atoms with Gasteiger partial charge < -0.3 is 14.7 Å². The smallest absolute Gasteiger partial charge is 0.422 e. The Kier molecular flexibility index (Phi) is 5.92. The van der Waals surface area contributed by atoms with Gasteiger partial charge in [0.05, 0.1) is 11.2 Å². The number of alkyl halides is 3. The van der Waals surface area contributed by atoms with Crippen LogP contribution in [0, 0.1) is 5.92 Å². The summed E-state index contributed by atoms with van der Waals surface area (Å²) in [6, 6.07) is 12.2. The third-order valence-corrected chi connectivity index (χ3v) is 6.38. The molecule has 5 nitrogen and oxygen atoms in total. The lowest BCUT2D eigenvalue weighted by molar-refractivity contribution is -0.154. The molecule has 8 heteroatoms. The highest BCUT2D eigenvalue weighted by Gasteiger charge is 2.50. The first-order chi connectivity index (χ1) is 14.8. The van der Waals surface area contributed by atoms with Crippen LogP contribution < -0.4 is 4.74 Å². The largest absolute Gasteiger partial charge is 0.468 e. The fourth-order valence-electron chi connectivity index (χ4n) is 4.93. The van der Waals surface area contributed by atoms with Gasteiger partial charge in [-0.05, 0) is 30.9 Å². The molecule has 2 fully saturated rings. The van der Waals surface area contributed by atoms with Crippen molar-refractivity contribution in [3.8, 4) is 5.88 Å². The molecule has 2 heterocycles. The van der Waals surface area contributed by atoms with E-state index in [2.05, 4.69) is 9.72 Å². The maximum Gasteiger partial charge on any atom is 0.422 e. The minimum atomic E-state index is -4.45. The Morgan fingerprint density at radius 1 is 1.16 bits per heavy atom. The van der Waals surface area contributed by atoms with E-state index in [0.29, 0.717) is 18.5 Å². The zero-order valence-corrected chi connectivity index (χ0v) is 17.0. The van der Waals surface area contributed by atoms with Crippen LogP contribution in [0.2, 0.25) is 0 Å². The average molecular weight is 434 g/mol. The van der Waals surface area contributed by atoms with E-state index >= 15 is 0 Å². The molecule has 1 saturated carbocycles. The summed E-state index contributed by atoms with van der Waals surface area (Å²) in [6.07, 6.45) is 0.876. The lowest BCUT2D eigenvalue weighted by Crippen LogP contribution is -2.59. The van der Waals surface area contributed by atoms with E-state index < -0.39 is 18.4 Å². The molecule has 4 rings (SSSR count). The van der Waals surface area contributed by atoms with Crippen LogP contribution in [0.3, 0.4) is 0 Å². The molecule has 1 aromatic heterocycles. The van der Waals surface area contributed by atoms with Crippen molar-refractivity contribution in [3.05, 3.63) is 59.8 Å². The number of carbonyl (C=O) groups excluding carboxylic acids is 1. The van der Waals surface area contributed by atoms with E-state index in [1.165, 1.54) is 18.3 Å². The summed E-state index contributed by atoms with van der Waals surface area (Å²) >= 11 is 0. The molecule has 2 aromatic rings. The van der Waals surface area contributed by atoms with Gasteiger partial charge in [-0.25, -0.2) is 4.98 Å². The van der Waals surface area contributed by atoms with Gasteiger partial charge in [0.1, 0.15) is 0 Å². The molecule has 1 aliphatic carbocycles. The van der Waals surface area contributed by atoms with E-state index in [0.717, 1.165) is 31.2 Å². The van der Waals surface area contributed by atoms with Crippen molar-refractivity contribution >= 4 is 5.91 Å². The van der Waals surface area contributed by atoms with E-state index in [4.69, 9.17) is 0 Å². The molecule has 3 atom stereocenters. The average Bonchev–Trinajstić information content (AvgIpc) is 2.78. The number of pyridine rings is 1. The summed E-state index contributed by atoms with van der Waals surface area (Å²) in [4.78, 5) is 18.9. The number of carbonyl (C=O) groups is 1. The number of halogens is 3. The van der Waals surface area contributed by atoms with Crippen molar-refractivity contribution in [1.82, 2.24) is 9.88 Å². The normalized spacial score (nSPS) is 26.3. The quantitative estimate of drug-likeness (QED) is 0.779. The SMILES string of the molecule is O=C(c1ccc(OCC(F)(F)F)nc1)N1CC[C@](O)(c2ccccc2)[C@H]2CCCC[C@H]21. The van der Waals surface area contributed by atoms with Gasteiger partial charge in [-0.3, -0.25) is 4.79 Å². The van der Waals surface area contributed by atoms with Crippen molar-refractivity contribution in [2.75, 3.05) is 13.2 Å². The lowest BCUT2D eigenvalue weighted by atomic mass is 9.66. The van der Waals surface area contributed by atoms with Crippen molar-refractivity contribution in [1.29, 1.82) is 0 Å². The van der Waals surface area contributed by atoms with Crippen LogP contribution in [0.1, 0.15) is 48.0 Å². The van der Waals surface area contributed by atoms with E-state index in [1.54, 1.807) is 4.90 Å². The first-order valence-corrected chi connectivity index (χ1v) is 10.5. The molecule has 0 unspecified atom stereocenters. The molecule has 1 aromatic carbocycles. The highest BCUT2D eigenvalue weighted by Crippen LogP contribution is 2.47. The molecule has 166 valence electrons. The van der Waals surface area contributed by atoms with E-state index in [9.17, 15) is 23.1 Å². The maximum atomic E-state index is 13.2. The van der Waals surface area contributed by atoms with Gasteiger partial charge in [0.15, 0.2) is 6.61 Å². The number of amides is 1. The predicted octanol–water partition coefficient (Wildman–Crippen LogP) is 4.32. The van der Waals surface area contributed by atoms with Gasteiger partial charge >= 0.3 is 6.18 Å². The van der Waals surface area contributed by atoms with Crippen LogP contribution in [0.5, 0.6) is 5.88 Å². The molecule has 2 aliphatic rings. The molecule has 1 aliphatic heterocycles. The van der Waals surface area contributed by atoms with Gasteiger partial charge in [0.2, 0.25) is 5.88 Å². The number of likely N-dealkylation sites (tertiary alicyclic amines) is 1. The summed E-state index contributed by atoms with van der Waals surface area (Å²) in [5.41, 5.74) is 0.206. The Bertz CT molecular complexity index is 905. The standard InChI is InChI=1S/C23H25F3N2O3/c24-23(25,26)15-31-20-11-10-16(14-27-20)21(29)28-13-12-22(30,17-6-2-1-3-7-17)18-8-4-5-9-19(18)28/h1-3,6-7,10-11,14,18-19,30H,4-5,8-9,12-13,15H2/t18-,19+,22-/m0/s1. The Morgan fingerprint density at radius 3 is 2.58 bits per heavy atom. The highest BCUT2D eigenvalue weighted by atomic mass is 19.4. The molecule has 0 radical (unpaired) electrons. The molecular formula is C23H25F3N2O3. The van der Waals surface area contributed by atoms with Crippen molar-refractivity contribution in [2.45, 2.75) is 49.9 Å². The Morgan fingerprint density at radius 2 is 1.90 bits per heavy atom. The van der Waals surface area contributed by atoms with Gasteiger partial charge in [-0.2, -0.15) is 13.2 Å². The van der Waals surface area contributed by atoms with Crippen LogP contribution in [0.4, 0.5) is 13.2 Å². The fourth-order valence-corrected chi connectivity index (χ4v) is 4.93. The summed E-state index contributed by atoms with van der Waals surface area (Å²) < 4.78 is 41.5. The first-order valence-electron chi connectivity index (χ1n) is 10.5. The maximum absolute atomic E-state index is 13.2. The van der Waals surface area contributed by atoms with Crippen LogP contribution in [-0.2, 0) is 5.60 Å². The molecule has 0 spiro atoms. The van der Waals surface area contributed by atoms with Gasteiger partial charge in [-0.1, -0.05) is 43.2 Å². The molecule has 1 amide bonds. The zero-order chi connectivity index (χ0) is 22.1. The molecule has 1 N–H and O–H groups in total. The van der Waals surface area contributed by atoms with Crippen LogP contribution >= 0.6 is 0 Å². The Labute approximate surface area is 178 Å². The fraction of sp³-hybridized carbons (Fsp3) is 0.478. The van der Waals surface area contributed by atoms with Crippen LogP contribution in [0.25, 0.3) is 0 Å². The Balaban J connectivity index is 1.52. The summed E-state index contributed by atoms with van der Waals surface area (Å²) in [5, 5.41) is 11.6. The summed E-state index contributed by atoms with van der Waals surface area (Å²) in [5.74, 6) is -0.466. The van der Waals surface area contributed by atoms with Crippen molar-refractivity contribution in [2.24, 2.45) is 5.92 Å². The molecule has 1 saturated heterocycles. The molecule has 31 heavy (non-hydrogen) atoms. The highest BCUT2D eigenvalue weighted by molar-refractivity contribution is 5.94. The topological polar surface area (TPSA) is 62.7 Å². The van der Waals surface area contributed by atoms with Gasteiger partial charge in [-0.15, -0.1) is 0 Å². The van der Waals surface area contributed by atoms with E-state index in [1.807, 2.05) is 30.3 Å². The van der Waals surface area contributed by atoms with Gasteiger partial charge in [0.25, 0.3) is 5.91 Å². The Hall–Kier alpha value is -2.61. The third kappa shape index (κ3) is 4.54. The van der Waals surface area contributed by atoms with E-state index in [-0.39, 0.29) is 23.7 Å². The number of fused-ring (bicyclic) bond motifs is 1. The number of aromatic nitrogens is 1. The zero-order valence-electron chi connectivity index (χ0n) is 17.0. The first kappa shape index (κ1) is 21.6. The molecular weight excluding hydrogens is 409 g/mol. The second kappa shape index (κ2) is 8.49. The van der Waals surface area contributed by atoms with Crippen molar-refractivity contribution in [3.63, 3.8) is 0 Å². The number of hydrogen-bond acceptors (Lipinski definition) is 4. The molecule has 0 bridgehead atoms.